The number of nitrogens with one attached hydrogen (secondary N) is 1. The van der Waals surface area contributed by atoms with Gasteiger partial charge < -0.3 is 8.97 Å². The molecule has 0 saturated heterocycles. The van der Waals surface area contributed by atoms with Gasteiger partial charge in [-0.3, -0.25) is 10.2 Å². The molecular formula is C8H9N2O4S. The molecule has 0 spiro atoms. The Hall–Kier alpha value is -1.31. The summed E-state index contributed by atoms with van der Waals surface area (Å²) in [6.45, 7) is 0. The van der Waals surface area contributed by atoms with E-state index in [1.165, 1.54) is 6.26 Å². The molecule has 0 aromatic carbocycles. The lowest BCUT2D eigenvalue weighted by atomic mass is 10.4. The Morgan fingerprint density at radius 3 is 2.93 bits per heavy atom. The Kier molecular flexibility index (Phi) is 4.35. The van der Waals surface area contributed by atoms with Gasteiger partial charge in [-0.25, -0.2) is 10.6 Å². The predicted molar refractivity (Wildman–Crippen MR) is 52.2 cm³/mol. The summed E-state index contributed by atoms with van der Waals surface area (Å²) in [5, 5.41) is -0.797. The Bertz CT molecular complexity index is 338. The molecule has 0 aliphatic heterocycles. The summed E-state index contributed by atoms with van der Waals surface area (Å²) in [7, 11) is 0. The van der Waals surface area contributed by atoms with Gasteiger partial charge in [0, 0.05) is 11.2 Å². The molecule has 1 amide bonds. The van der Waals surface area contributed by atoms with Crippen LogP contribution in [0.5, 0.6) is 0 Å². The van der Waals surface area contributed by atoms with Crippen molar-refractivity contribution >= 4 is 22.2 Å². The second kappa shape index (κ2) is 5.54. The normalized spacial score (nSPS) is 12.1. The monoisotopic (exact) mass is 229 g/mol. The molecule has 0 bridgehead atoms. The van der Waals surface area contributed by atoms with E-state index in [2.05, 4.69) is 0 Å². The van der Waals surface area contributed by atoms with Crippen LogP contribution in [0.2, 0.25) is 0 Å². The minimum atomic E-state index is -1.82. The van der Waals surface area contributed by atoms with Crippen molar-refractivity contribution in [2.45, 2.75) is 5.75 Å². The van der Waals surface area contributed by atoms with Gasteiger partial charge in [0.2, 0.25) is 0 Å². The maximum absolute atomic E-state index is 11.3. The lowest BCUT2D eigenvalue weighted by molar-refractivity contribution is -0.120. The van der Waals surface area contributed by atoms with Crippen LogP contribution in [0, 0.1) is 6.42 Å². The number of rotatable bonds is 4. The van der Waals surface area contributed by atoms with E-state index in [9.17, 15) is 14.1 Å². The first-order valence-corrected chi connectivity index (χ1v) is 5.25. The molecule has 1 radical (unpaired) electrons. The SMILES string of the molecule is NNC(=O)[CH]C(=O)[S+]([O-])Cc1ccco1. The number of amides is 1. The number of hydrogen-bond donors (Lipinski definition) is 2. The zero-order chi connectivity index (χ0) is 11.3. The first-order chi connectivity index (χ1) is 7.13. The minimum Gasteiger partial charge on any atom is -0.609 e. The van der Waals surface area contributed by atoms with Gasteiger partial charge in [-0.1, -0.05) is 0 Å². The van der Waals surface area contributed by atoms with Crippen molar-refractivity contribution in [2.75, 3.05) is 0 Å². The van der Waals surface area contributed by atoms with E-state index in [0.29, 0.717) is 12.2 Å². The van der Waals surface area contributed by atoms with Gasteiger partial charge in [0.15, 0.2) is 17.9 Å². The largest absolute Gasteiger partial charge is 0.609 e. The molecule has 81 valence electrons. The molecule has 0 aliphatic carbocycles. The number of nitrogens with two attached hydrogens (primary N) is 1. The van der Waals surface area contributed by atoms with Gasteiger partial charge in [-0.2, -0.15) is 0 Å². The first-order valence-electron chi connectivity index (χ1n) is 3.93. The third kappa shape index (κ3) is 3.74. The topological polar surface area (TPSA) is 108 Å². The standard InChI is InChI=1S/C8H9N2O4S/c9-10-7(11)4-8(12)15(13)5-6-2-1-3-14-6/h1-4H,5,9H2,(H,10,11). The van der Waals surface area contributed by atoms with Gasteiger partial charge >= 0.3 is 5.12 Å². The van der Waals surface area contributed by atoms with Crippen molar-refractivity contribution in [2.24, 2.45) is 5.84 Å². The fourth-order valence-corrected chi connectivity index (χ4v) is 1.61. The summed E-state index contributed by atoms with van der Waals surface area (Å²) in [5.41, 5.74) is 1.74. The summed E-state index contributed by atoms with van der Waals surface area (Å²) < 4.78 is 16.2. The predicted octanol–water partition coefficient (Wildman–Crippen LogP) is -0.751. The molecular weight excluding hydrogens is 220 g/mol. The van der Waals surface area contributed by atoms with Gasteiger partial charge in [-0.05, 0) is 12.1 Å². The third-order valence-electron chi connectivity index (χ3n) is 1.47. The van der Waals surface area contributed by atoms with Crippen molar-refractivity contribution in [3.05, 3.63) is 30.6 Å². The van der Waals surface area contributed by atoms with Gasteiger partial charge in [0.25, 0.3) is 5.91 Å². The fraction of sp³-hybridized carbons (Fsp3) is 0.125. The summed E-state index contributed by atoms with van der Waals surface area (Å²) in [6, 6.07) is 3.21. The highest BCUT2D eigenvalue weighted by Gasteiger charge is 2.24. The number of hydrogen-bond acceptors (Lipinski definition) is 5. The average Bonchev–Trinajstić information content (AvgIpc) is 2.70. The smallest absolute Gasteiger partial charge is 0.343 e. The number of carbonyl (C=O) groups is 2. The van der Waals surface area contributed by atoms with Gasteiger partial charge in [-0.15, -0.1) is 0 Å². The van der Waals surface area contributed by atoms with Crippen molar-refractivity contribution < 1.29 is 18.6 Å². The molecule has 1 heterocycles. The van der Waals surface area contributed by atoms with Crippen molar-refractivity contribution in [3.63, 3.8) is 0 Å². The van der Waals surface area contributed by atoms with Crippen LogP contribution in [-0.4, -0.2) is 15.6 Å². The molecule has 0 fully saturated rings. The van der Waals surface area contributed by atoms with E-state index in [1.54, 1.807) is 17.6 Å². The highest BCUT2D eigenvalue weighted by Crippen LogP contribution is 2.08. The molecule has 0 saturated carbocycles. The zero-order valence-electron chi connectivity index (χ0n) is 7.64. The molecule has 6 nitrogen and oxygen atoms in total. The summed E-state index contributed by atoms with van der Waals surface area (Å²) in [6.07, 6.45) is 2.06. The van der Waals surface area contributed by atoms with Crippen molar-refractivity contribution in [3.8, 4) is 0 Å². The summed E-state index contributed by atoms with van der Waals surface area (Å²) >= 11 is -1.82. The van der Waals surface area contributed by atoms with Crippen molar-refractivity contribution in [1.82, 2.24) is 5.43 Å². The molecule has 1 unspecified atom stereocenters. The first kappa shape index (κ1) is 11.8. The fourth-order valence-electron chi connectivity index (χ4n) is 0.809. The Labute approximate surface area is 89.0 Å². The summed E-state index contributed by atoms with van der Waals surface area (Å²) in [4.78, 5) is 21.8. The van der Waals surface area contributed by atoms with E-state index < -0.39 is 22.2 Å². The summed E-state index contributed by atoms with van der Waals surface area (Å²) in [5.74, 6) is 4.34. The van der Waals surface area contributed by atoms with E-state index in [0.717, 1.165) is 0 Å². The van der Waals surface area contributed by atoms with Gasteiger partial charge in [0.05, 0.1) is 6.26 Å². The molecule has 1 rings (SSSR count). The maximum atomic E-state index is 11.3. The molecule has 1 aromatic rings. The van der Waals surface area contributed by atoms with Crippen LogP contribution in [-0.2, 0) is 26.5 Å². The minimum absolute atomic E-state index is 0.0554. The second-order valence-electron chi connectivity index (χ2n) is 2.54. The molecule has 0 aliphatic rings. The third-order valence-corrected chi connectivity index (χ3v) is 2.58. The van der Waals surface area contributed by atoms with E-state index in [1.807, 2.05) is 0 Å². The van der Waals surface area contributed by atoms with Crippen LogP contribution in [0.25, 0.3) is 0 Å². The number of furan rings is 1. The van der Waals surface area contributed by atoms with E-state index in [-0.39, 0.29) is 5.75 Å². The Morgan fingerprint density at radius 2 is 2.40 bits per heavy atom. The Morgan fingerprint density at radius 1 is 1.67 bits per heavy atom. The molecule has 1 aromatic heterocycles. The van der Waals surface area contributed by atoms with Crippen LogP contribution < -0.4 is 11.3 Å². The highest BCUT2D eigenvalue weighted by atomic mass is 32.2. The van der Waals surface area contributed by atoms with Crippen molar-refractivity contribution in [1.29, 1.82) is 0 Å². The maximum Gasteiger partial charge on any atom is 0.343 e. The van der Waals surface area contributed by atoms with Crippen LogP contribution in [0.15, 0.2) is 22.8 Å². The lowest BCUT2D eigenvalue weighted by Crippen LogP contribution is -2.34. The molecule has 7 heteroatoms. The van der Waals surface area contributed by atoms with Gasteiger partial charge in [0.1, 0.15) is 0 Å². The average molecular weight is 229 g/mol. The quantitative estimate of drug-likeness (QED) is 0.232. The van der Waals surface area contributed by atoms with E-state index >= 15 is 0 Å². The van der Waals surface area contributed by atoms with Crippen LogP contribution in [0.3, 0.4) is 0 Å². The Balaban J connectivity index is 2.43. The van der Waals surface area contributed by atoms with Crippen LogP contribution >= 0.6 is 0 Å². The van der Waals surface area contributed by atoms with Crippen LogP contribution in [0.1, 0.15) is 5.76 Å². The number of carbonyl (C=O) groups excluding carboxylic acids is 2. The lowest BCUT2D eigenvalue weighted by Gasteiger charge is -2.05. The van der Waals surface area contributed by atoms with E-state index in [4.69, 9.17) is 10.3 Å². The second-order valence-corrected chi connectivity index (χ2v) is 3.92. The molecule has 15 heavy (non-hydrogen) atoms. The highest BCUT2D eigenvalue weighted by molar-refractivity contribution is 8.05. The zero-order valence-corrected chi connectivity index (χ0v) is 8.45. The molecule has 1 atom stereocenters. The molecule has 3 N–H and O–H groups in total. The van der Waals surface area contributed by atoms with Crippen LogP contribution in [0.4, 0.5) is 0 Å². The number of hydrazine groups is 1.